The van der Waals surface area contributed by atoms with Gasteiger partial charge in [-0.25, -0.2) is 14.4 Å². The Morgan fingerprint density at radius 2 is 0.775 bits per heavy atom. The Labute approximate surface area is 232 Å². The molecule has 3 fully saturated rings. The number of urea groups is 3. The molecule has 3 aliphatic rings. The van der Waals surface area contributed by atoms with Crippen LogP contribution in [0.25, 0.3) is 0 Å². The molecular formula is C23H42N6O11. The fourth-order valence-corrected chi connectivity index (χ4v) is 4.52. The molecule has 0 aromatic rings. The highest BCUT2D eigenvalue weighted by atomic mass is 16.5. The molecule has 0 saturated carbocycles. The van der Waals surface area contributed by atoms with Crippen LogP contribution >= 0.6 is 0 Å². The molecular weight excluding hydrogens is 536 g/mol. The van der Waals surface area contributed by atoms with E-state index in [1.54, 1.807) is 0 Å². The highest BCUT2D eigenvalue weighted by Crippen LogP contribution is 2.27. The third-order valence-electron chi connectivity index (χ3n) is 7.04. The summed E-state index contributed by atoms with van der Waals surface area (Å²) in [5.74, 6) is 0. The number of carbonyl (C=O) groups is 3. The van der Waals surface area contributed by atoms with E-state index in [1.165, 1.54) is 0 Å². The van der Waals surface area contributed by atoms with E-state index in [2.05, 4.69) is 0 Å². The number of amides is 6. The van der Waals surface area contributed by atoms with E-state index in [0.29, 0.717) is 23.0 Å². The Morgan fingerprint density at radius 3 is 1.07 bits per heavy atom. The van der Waals surface area contributed by atoms with Gasteiger partial charge in [-0.15, -0.1) is 0 Å². The van der Waals surface area contributed by atoms with Crippen molar-refractivity contribution in [2.24, 2.45) is 0 Å². The first-order valence-electron chi connectivity index (χ1n) is 13.5. The molecule has 3 saturated heterocycles. The number of unbranched alkanes of at least 4 members (excludes halogenated alkanes) is 2. The molecule has 6 amide bonds. The van der Waals surface area contributed by atoms with Crippen LogP contribution in [0.1, 0.15) is 39.5 Å². The number of ether oxygens (including phenoxy) is 2. The number of aliphatic hydroxyl groups excluding tert-OH is 6. The lowest BCUT2D eigenvalue weighted by Crippen LogP contribution is -2.49. The van der Waals surface area contributed by atoms with Crippen molar-refractivity contribution in [3.63, 3.8) is 0 Å². The molecule has 6 unspecified atom stereocenters. The number of nitrogens with zero attached hydrogens (tertiary/aromatic N) is 6. The van der Waals surface area contributed by atoms with Crippen LogP contribution in [0.2, 0.25) is 0 Å². The van der Waals surface area contributed by atoms with Gasteiger partial charge in [0.05, 0.1) is 13.2 Å². The van der Waals surface area contributed by atoms with Crippen LogP contribution < -0.4 is 0 Å². The molecule has 40 heavy (non-hydrogen) atoms. The summed E-state index contributed by atoms with van der Waals surface area (Å²) in [4.78, 5) is 43.5. The van der Waals surface area contributed by atoms with Crippen molar-refractivity contribution in [1.29, 1.82) is 0 Å². The average Bonchev–Trinajstić information content (AvgIpc) is 3.35. The molecule has 0 aromatic heterocycles. The summed E-state index contributed by atoms with van der Waals surface area (Å²) >= 11 is 0. The number of hydrogen-bond donors (Lipinski definition) is 6. The Morgan fingerprint density at radius 1 is 0.500 bits per heavy atom. The lowest BCUT2D eigenvalue weighted by atomic mass is 10.4. The van der Waals surface area contributed by atoms with Gasteiger partial charge < -0.3 is 40.1 Å². The Balaban J connectivity index is 1.60. The van der Waals surface area contributed by atoms with Gasteiger partial charge in [0.2, 0.25) is 0 Å². The molecule has 0 spiro atoms. The molecule has 17 nitrogen and oxygen atoms in total. The minimum atomic E-state index is -1.88. The zero-order chi connectivity index (χ0) is 29.6. The summed E-state index contributed by atoms with van der Waals surface area (Å²) in [5, 5.41) is 62.6. The number of aliphatic hydroxyl groups is 6. The van der Waals surface area contributed by atoms with Gasteiger partial charge in [0.1, 0.15) is 13.3 Å². The molecule has 0 bridgehead atoms. The van der Waals surface area contributed by atoms with E-state index >= 15 is 0 Å². The third-order valence-corrected chi connectivity index (χ3v) is 7.04. The SMILES string of the molecule is CCCCOCCN1C(=O)N(CN2C(=O)N(CN3C(=O)N(CCOCCCC)C(O)C3O)C(O)C2O)C(O)C1O. The van der Waals surface area contributed by atoms with Crippen molar-refractivity contribution < 1.29 is 54.5 Å². The second kappa shape index (κ2) is 14.4. The van der Waals surface area contributed by atoms with Gasteiger partial charge in [-0.3, -0.25) is 29.4 Å². The predicted octanol–water partition coefficient (Wildman–Crippen LogP) is -2.34. The molecule has 0 aliphatic carbocycles. The quantitative estimate of drug-likeness (QED) is 0.107. The maximum atomic E-state index is 13.1. The highest BCUT2D eigenvalue weighted by Gasteiger charge is 2.52. The first-order valence-corrected chi connectivity index (χ1v) is 13.5. The van der Waals surface area contributed by atoms with Gasteiger partial charge in [-0.05, 0) is 12.8 Å². The first-order chi connectivity index (χ1) is 19.1. The van der Waals surface area contributed by atoms with Crippen molar-refractivity contribution in [1.82, 2.24) is 29.4 Å². The molecule has 230 valence electrons. The molecule has 3 aliphatic heterocycles. The normalized spacial score (nSPS) is 29.2. The van der Waals surface area contributed by atoms with E-state index < -0.39 is 68.8 Å². The minimum Gasteiger partial charge on any atom is -0.380 e. The van der Waals surface area contributed by atoms with Crippen molar-refractivity contribution in [2.45, 2.75) is 76.9 Å². The van der Waals surface area contributed by atoms with E-state index in [0.717, 1.165) is 45.3 Å². The Hall–Kier alpha value is -2.51. The van der Waals surface area contributed by atoms with E-state index in [9.17, 15) is 45.0 Å². The molecule has 0 aromatic carbocycles. The van der Waals surface area contributed by atoms with E-state index in [-0.39, 0.29) is 26.3 Å². The molecule has 0 radical (unpaired) electrons. The maximum absolute atomic E-state index is 13.1. The molecule has 6 atom stereocenters. The lowest BCUT2D eigenvalue weighted by molar-refractivity contribution is -0.109. The van der Waals surface area contributed by atoms with Crippen LogP contribution in [0.5, 0.6) is 0 Å². The van der Waals surface area contributed by atoms with Gasteiger partial charge in [0.25, 0.3) is 0 Å². The monoisotopic (exact) mass is 578 g/mol. The summed E-state index contributed by atoms with van der Waals surface area (Å²) in [6.07, 6.45) is -6.97. The first kappa shape index (κ1) is 32.0. The van der Waals surface area contributed by atoms with Gasteiger partial charge >= 0.3 is 18.1 Å². The summed E-state index contributed by atoms with van der Waals surface area (Å²) in [6.45, 7) is 3.70. The van der Waals surface area contributed by atoms with E-state index in [4.69, 9.17) is 9.47 Å². The maximum Gasteiger partial charge on any atom is 0.327 e. The summed E-state index contributed by atoms with van der Waals surface area (Å²) in [6, 6.07) is -2.67. The van der Waals surface area contributed by atoms with Crippen molar-refractivity contribution in [3.05, 3.63) is 0 Å². The summed E-state index contributed by atoms with van der Waals surface area (Å²) in [7, 11) is 0. The standard InChI is InChI=1S/C23H42N6O11/c1-3-5-9-39-11-7-24-15(30)17(32)26(21(24)36)13-28-19(34)20(35)29(23(28)38)14-27-18(33)16(31)25(22(27)37)8-12-40-10-6-4-2/h15-20,30-35H,3-14H2,1-2H3. The second-order valence-corrected chi connectivity index (χ2v) is 9.81. The van der Waals surface area contributed by atoms with Gasteiger partial charge in [-0.1, -0.05) is 26.7 Å². The highest BCUT2D eigenvalue weighted by molar-refractivity contribution is 5.81. The summed E-state index contributed by atoms with van der Waals surface area (Å²) < 4.78 is 10.8. The smallest absolute Gasteiger partial charge is 0.327 e. The van der Waals surface area contributed by atoms with Crippen LogP contribution in [0.15, 0.2) is 0 Å². The van der Waals surface area contributed by atoms with Gasteiger partial charge in [0.15, 0.2) is 37.4 Å². The van der Waals surface area contributed by atoms with Crippen molar-refractivity contribution in [2.75, 3.05) is 52.9 Å². The van der Waals surface area contributed by atoms with E-state index in [1.807, 2.05) is 13.8 Å². The van der Waals surface area contributed by atoms with Crippen LogP contribution in [-0.2, 0) is 9.47 Å². The zero-order valence-corrected chi connectivity index (χ0v) is 22.9. The minimum absolute atomic E-state index is 0.0278. The number of carbonyl (C=O) groups excluding carboxylic acids is 3. The topological polar surface area (TPSA) is 210 Å². The third kappa shape index (κ3) is 6.68. The zero-order valence-electron chi connectivity index (χ0n) is 22.9. The fraction of sp³-hybridized carbons (Fsp3) is 0.870. The van der Waals surface area contributed by atoms with Crippen LogP contribution in [0.3, 0.4) is 0 Å². The van der Waals surface area contributed by atoms with Crippen LogP contribution in [0, 0.1) is 0 Å². The van der Waals surface area contributed by atoms with Crippen LogP contribution in [0.4, 0.5) is 14.4 Å². The second-order valence-electron chi connectivity index (χ2n) is 9.81. The Kier molecular flexibility index (Phi) is 11.5. The molecule has 17 heteroatoms. The molecule has 3 heterocycles. The fourth-order valence-electron chi connectivity index (χ4n) is 4.52. The van der Waals surface area contributed by atoms with Gasteiger partial charge in [0, 0.05) is 26.3 Å². The molecule has 6 N–H and O–H groups in total. The Bertz CT molecular complexity index is 805. The van der Waals surface area contributed by atoms with Crippen LogP contribution in [-0.4, -0.2) is 168 Å². The average molecular weight is 579 g/mol. The number of hydrogen-bond acceptors (Lipinski definition) is 11. The van der Waals surface area contributed by atoms with Crippen molar-refractivity contribution >= 4 is 18.1 Å². The number of rotatable bonds is 16. The largest absolute Gasteiger partial charge is 0.380 e. The predicted molar refractivity (Wildman–Crippen MR) is 134 cm³/mol. The summed E-state index contributed by atoms with van der Waals surface area (Å²) in [5.41, 5.74) is 0. The van der Waals surface area contributed by atoms with Crippen molar-refractivity contribution in [3.8, 4) is 0 Å². The van der Waals surface area contributed by atoms with Gasteiger partial charge in [-0.2, -0.15) is 0 Å². The molecule has 3 rings (SSSR count). The lowest BCUT2D eigenvalue weighted by Gasteiger charge is -2.28.